The third-order valence-electron chi connectivity index (χ3n) is 7.35. The molecular weight excluding hydrogens is 524 g/mol. The van der Waals surface area contributed by atoms with E-state index in [1.54, 1.807) is 13.8 Å². The molecule has 0 aromatic carbocycles. The molecule has 3 atom stereocenters. The van der Waals surface area contributed by atoms with Crippen molar-refractivity contribution >= 4 is 29.6 Å². The molecule has 0 saturated carbocycles. The molecule has 0 aromatic heterocycles. The van der Waals surface area contributed by atoms with E-state index >= 15 is 0 Å². The van der Waals surface area contributed by atoms with Crippen LogP contribution in [0.5, 0.6) is 0 Å². The van der Waals surface area contributed by atoms with Gasteiger partial charge in [0, 0.05) is 19.6 Å². The molecule has 0 spiro atoms. The highest BCUT2D eigenvalue weighted by Gasteiger charge is 2.43. The smallest absolute Gasteiger partial charge is 0.408 e. The molecule has 10 nitrogen and oxygen atoms in total. The van der Waals surface area contributed by atoms with Gasteiger partial charge in [0.2, 0.25) is 17.6 Å². The number of Topliss-reactive ketones (excluding diaryl/α,β-unsaturated/α-hetero) is 1. The summed E-state index contributed by atoms with van der Waals surface area (Å²) in [4.78, 5) is 67.6. The van der Waals surface area contributed by atoms with Gasteiger partial charge in [0.15, 0.2) is 0 Å². The Kier molecular flexibility index (Phi) is 16.8. The number of nitrogens with one attached hydrogen (secondary N) is 2. The topological polar surface area (TPSA) is 125 Å². The molecule has 0 aromatic rings. The van der Waals surface area contributed by atoms with Crippen LogP contribution in [0.1, 0.15) is 121 Å². The van der Waals surface area contributed by atoms with E-state index in [-0.39, 0.29) is 5.91 Å². The number of alkyl carbamates (subject to hydrolysis) is 1. The molecular formula is C31H58N4O6. The summed E-state index contributed by atoms with van der Waals surface area (Å²) in [6.07, 6.45) is 5.27. The SMILES string of the molecule is CCCC.CCCCN(CC)C(=O)C(=O)C(C)NC(=O)C1CCCN1C(=O)C(NC(=O)OC(C)(C)CC)C(C)(C)C. The van der Waals surface area contributed by atoms with Crippen molar-refractivity contribution in [1.82, 2.24) is 20.4 Å². The molecule has 41 heavy (non-hydrogen) atoms. The molecule has 1 rings (SSSR count). The average Bonchev–Trinajstić information content (AvgIpc) is 3.40. The molecule has 1 saturated heterocycles. The first-order valence-electron chi connectivity index (χ1n) is 15.4. The third kappa shape index (κ3) is 12.8. The Morgan fingerprint density at radius 1 is 0.927 bits per heavy atom. The highest BCUT2D eigenvalue weighted by molar-refractivity contribution is 6.38. The van der Waals surface area contributed by atoms with Crippen LogP contribution in [-0.4, -0.2) is 82.8 Å². The van der Waals surface area contributed by atoms with Crippen LogP contribution in [0.15, 0.2) is 0 Å². The number of ether oxygens (including phenoxy) is 1. The number of carbonyl (C=O) groups is 5. The molecule has 0 radical (unpaired) electrons. The quantitative estimate of drug-likeness (QED) is 0.300. The van der Waals surface area contributed by atoms with Gasteiger partial charge in [-0.25, -0.2) is 4.79 Å². The molecule has 0 aliphatic carbocycles. The maximum atomic E-state index is 13.6. The first kappa shape index (κ1) is 38.4. The van der Waals surface area contributed by atoms with Crippen LogP contribution in [-0.2, 0) is 23.9 Å². The fourth-order valence-electron chi connectivity index (χ4n) is 4.06. The van der Waals surface area contributed by atoms with Gasteiger partial charge in [-0.2, -0.15) is 0 Å². The number of likely N-dealkylation sites (tertiary alicyclic amines) is 1. The lowest BCUT2D eigenvalue weighted by atomic mass is 9.85. The number of hydrogen-bond acceptors (Lipinski definition) is 6. The maximum absolute atomic E-state index is 13.6. The second-order valence-electron chi connectivity index (χ2n) is 12.5. The molecule has 1 fully saturated rings. The number of hydrogen-bond donors (Lipinski definition) is 2. The Bertz CT molecular complexity index is 865. The maximum Gasteiger partial charge on any atom is 0.408 e. The number of amides is 4. The van der Waals surface area contributed by atoms with E-state index in [9.17, 15) is 24.0 Å². The molecule has 0 bridgehead atoms. The highest BCUT2D eigenvalue weighted by atomic mass is 16.6. The van der Waals surface area contributed by atoms with Crippen LogP contribution in [0.2, 0.25) is 0 Å². The minimum atomic E-state index is -1.02. The summed E-state index contributed by atoms with van der Waals surface area (Å²) in [5.74, 6) is -2.17. The largest absolute Gasteiger partial charge is 0.444 e. The predicted molar refractivity (Wildman–Crippen MR) is 162 cm³/mol. The van der Waals surface area contributed by atoms with Crippen LogP contribution < -0.4 is 10.6 Å². The minimum Gasteiger partial charge on any atom is -0.444 e. The number of unbranched alkanes of at least 4 members (excludes halogenated alkanes) is 2. The van der Waals surface area contributed by atoms with Crippen molar-refractivity contribution in [3.05, 3.63) is 0 Å². The van der Waals surface area contributed by atoms with Gasteiger partial charge >= 0.3 is 6.09 Å². The standard InChI is InChI=1S/C27H48N4O6.C4H10/c1-10-13-16-30(12-3)23(34)20(32)18(4)28-22(33)19-15-14-17-31(19)24(35)21(26(5,6)7)29-25(36)37-27(8,9)11-2;1-3-4-2/h18-19,21H,10-17H2,1-9H3,(H,28,33)(H,29,36);3-4H2,1-2H3. The predicted octanol–water partition coefficient (Wildman–Crippen LogP) is 4.84. The van der Waals surface area contributed by atoms with Gasteiger partial charge in [-0.1, -0.05) is 67.7 Å². The summed E-state index contributed by atoms with van der Waals surface area (Å²) >= 11 is 0. The molecule has 1 aliphatic heterocycles. The van der Waals surface area contributed by atoms with Crippen LogP contribution in [0.3, 0.4) is 0 Å². The van der Waals surface area contributed by atoms with E-state index in [2.05, 4.69) is 24.5 Å². The van der Waals surface area contributed by atoms with Crippen molar-refractivity contribution in [3.8, 4) is 0 Å². The fraction of sp³-hybridized carbons (Fsp3) is 0.839. The zero-order chi connectivity index (χ0) is 32.0. The summed E-state index contributed by atoms with van der Waals surface area (Å²) in [6.45, 7) is 21.9. The number of ketones is 1. The number of rotatable bonds is 13. The second kappa shape index (κ2) is 18.0. The van der Waals surface area contributed by atoms with Gasteiger partial charge in [0.05, 0.1) is 6.04 Å². The van der Waals surface area contributed by atoms with Crippen LogP contribution in [0, 0.1) is 5.41 Å². The van der Waals surface area contributed by atoms with Gasteiger partial charge in [-0.05, 0) is 58.8 Å². The van der Waals surface area contributed by atoms with E-state index in [4.69, 9.17) is 4.74 Å². The molecule has 1 heterocycles. The zero-order valence-corrected chi connectivity index (χ0v) is 27.6. The molecule has 3 unspecified atom stereocenters. The Hall–Kier alpha value is -2.65. The molecule has 2 N–H and O–H groups in total. The Morgan fingerprint density at radius 3 is 1.98 bits per heavy atom. The molecule has 1 aliphatic rings. The van der Waals surface area contributed by atoms with Crippen LogP contribution >= 0.6 is 0 Å². The third-order valence-corrected chi connectivity index (χ3v) is 7.35. The minimum absolute atomic E-state index is 0.350. The lowest BCUT2D eigenvalue weighted by molar-refractivity contribution is -0.147. The number of likely N-dealkylation sites (N-methyl/N-ethyl adjacent to an activating group) is 1. The summed E-state index contributed by atoms with van der Waals surface area (Å²) in [7, 11) is 0. The summed E-state index contributed by atoms with van der Waals surface area (Å²) in [6, 6.07) is -2.73. The molecule has 10 heteroatoms. The van der Waals surface area contributed by atoms with Crippen LogP contribution in [0.4, 0.5) is 4.79 Å². The van der Waals surface area contributed by atoms with Crippen molar-refractivity contribution in [3.63, 3.8) is 0 Å². The second-order valence-corrected chi connectivity index (χ2v) is 12.5. The van der Waals surface area contributed by atoms with Crippen molar-refractivity contribution < 1.29 is 28.7 Å². The van der Waals surface area contributed by atoms with Gasteiger partial charge in [-0.15, -0.1) is 0 Å². The first-order chi connectivity index (χ1) is 19.0. The first-order valence-corrected chi connectivity index (χ1v) is 15.4. The molecule has 4 amide bonds. The van der Waals surface area contributed by atoms with Crippen molar-refractivity contribution in [2.45, 2.75) is 145 Å². The van der Waals surface area contributed by atoms with Gasteiger partial charge in [-0.3, -0.25) is 19.2 Å². The fourth-order valence-corrected chi connectivity index (χ4v) is 4.06. The normalized spacial score (nSPS) is 16.6. The monoisotopic (exact) mass is 582 g/mol. The van der Waals surface area contributed by atoms with Crippen molar-refractivity contribution in [2.75, 3.05) is 19.6 Å². The van der Waals surface area contributed by atoms with E-state index in [0.717, 1.165) is 12.8 Å². The summed E-state index contributed by atoms with van der Waals surface area (Å²) in [5, 5.41) is 5.34. The van der Waals surface area contributed by atoms with Crippen LogP contribution in [0.25, 0.3) is 0 Å². The van der Waals surface area contributed by atoms with E-state index in [1.165, 1.54) is 29.6 Å². The summed E-state index contributed by atoms with van der Waals surface area (Å²) < 4.78 is 5.48. The number of carbonyl (C=O) groups excluding carboxylic acids is 5. The van der Waals surface area contributed by atoms with E-state index in [1.807, 2.05) is 41.5 Å². The lowest BCUT2D eigenvalue weighted by Gasteiger charge is -2.36. The van der Waals surface area contributed by atoms with E-state index < -0.39 is 52.8 Å². The molecule has 238 valence electrons. The van der Waals surface area contributed by atoms with Gasteiger partial charge in [0.25, 0.3) is 5.91 Å². The van der Waals surface area contributed by atoms with Gasteiger partial charge in [0.1, 0.15) is 17.7 Å². The lowest BCUT2D eigenvalue weighted by Crippen LogP contribution is -2.59. The van der Waals surface area contributed by atoms with Crippen molar-refractivity contribution in [1.29, 1.82) is 0 Å². The highest BCUT2D eigenvalue weighted by Crippen LogP contribution is 2.26. The zero-order valence-electron chi connectivity index (χ0n) is 27.6. The summed E-state index contributed by atoms with van der Waals surface area (Å²) in [5.41, 5.74) is -1.33. The van der Waals surface area contributed by atoms with E-state index in [0.29, 0.717) is 38.9 Å². The Morgan fingerprint density at radius 2 is 1.51 bits per heavy atom. The number of nitrogens with zero attached hydrogens (tertiary/aromatic N) is 2. The van der Waals surface area contributed by atoms with Crippen molar-refractivity contribution in [2.24, 2.45) is 5.41 Å². The Labute approximate surface area is 248 Å². The average molecular weight is 583 g/mol. The van der Waals surface area contributed by atoms with Gasteiger partial charge < -0.3 is 25.2 Å². The Balaban J connectivity index is 0.00000373.